The van der Waals surface area contributed by atoms with E-state index in [2.05, 4.69) is 10.6 Å². The van der Waals surface area contributed by atoms with Crippen LogP contribution in [0.25, 0.3) is 0 Å². The van der Waals surface area contributed by atoms with Crippen LogP contribution < -0.4 is 20.1 Å². The molecule has 0 radical (unpaired) electrons. The third-order valence-corrected chi connectivity index (χ3v) is 2.79. The van der Waals surface area contributed by atoms with Gasteiger partial charge in [-0.15, -0.1) is 0 Å². The van der Waals surface area contributed by atoms with Crippen LogP contribution in [0.1, 0.15) is 12.5 Å². The molecule has 1 aromatic carbocycles. The van der Waals surface area contributed by atoms with Gasteiger partial charge in [-0.05, 0) is 31.0 Å². The Hall–Kier alpha value is -1.95. The Morgan fingerprint density at radius 1 is 1.42 bits per heavy atom. The van der Waals surface area contributed by atoms with Gasteiger partial charge in [0.2, 0.25) is 6.79 Å². The number of carbonyl (C=O) groups excluding carboxylic acids is 1. The lowest BCUT2D eigenvalue weighted by Crippen LogP contribution is -2.42. The largest absolute Gasteiger partial charge is 0.454 e. The number of urea groups is 1. The lowest BCUT2D eigenvalue weighted by atomic mass is 10.1. The van der Waals surface area contributed by atoms with E-state index in [4.69, 9.17) is 14.6 Å². The minimum Gasteiger partial charge on any atom is -0.454 e. The van der Waals surface area contributed by atoms with Crippen molar-refractivity contribution in [1.29, 1.82) is 0 Å². The molecule has 0 aliphatic carbocycles. The Morgan fingerprint density at radius 2 is 2.21 bits per heavy atom. The molecule has 1 aliphatic rings. The van der Waals surface area contributed by atoms with Gasteiger partial charge in [0.05, 0.1) is 12.6 Å². The summed E-state index contributed by atoms with van der Waals surface area (Å²) in [5.74, 6) is 1.50. The highest BCUT2D eigenvalue weighted by Gasteiger charge is 2.13. The first-order valence-electron chi connectivity index (χ1n) is 6.23. The van der Waals surface area contributed by atoms with Crippen molar-refractivity contribution in [1.82, 2.24) is 10.6 Å². The van der Waals surface area contributed by atoms with E-state index in [0.717, 1.165) is 17.1 Å². The number of aliphatic hydroxyl groups is 1. The van der Waals surface area contributed by atoms with Crippen molar-refractivity contribution in [3.63, 3.8) is 0 Å². The summed E-state index contributed by atoms with van der Waals surface area (Å²) in [5.41, 5.74) is 1.07. The van der Waals surface area contributed by atoms with Crippen LogP contribution in [-0.4, -0.2) is 37.1 Å². The molecular formula is C13H18N2O4. The number of ether oxygens (including phenoxy) is 2. The van der Waals surface area contributed by atoms with Gasteiger partial charge in [0.1, 0.15) is 0 Å². The summed E-state index contributed by atoms with van der Waals surface area (Å²) < 4.78 is 10.5. The second kappa shape index (κ2) is 6.29. The van der Waals surface area contributed by atoms with E-state index in [1.165, 1.54) is 0 Å². The summed E-state index contributed by atoms with van der Waals surface area (Å²) in [4.78, 5) is 11.4. The van der Waals surface area contributed by atoms with Gasteiger partial charge in [0.15, 0.2) is 11.5 Å². The summed E-state index contributed by atoms with van der Waals surface area (Å²) in [6.07, 6.45) is 0.706. The average molecular weight is 266 g/mol. The zero-order valence-corrected chi connectivity index (χ0v) is 10.8. The Balaban J connectivity index is 1.75. The highest BCUT2D eigenvalue weighted by Crippen LogP contribution is 2.32. The molecule has 6 nitrogen and oxygen atoms in total. The summed E-state index contributed by atoms with van der Waals surface area (Å²) in [5, 5.41) is 14.2. The molecule has 0 aromatic heterocycles. The molecule has 2 amide bonds. The number of amides is 2. The van der Waals surface area contributed by atoms with Gasteiger partial charge in [-0.3, -0.25) is 0 Å². The van der Waals surface area contributed by atoms with E-state index in [-0.39, 0.29) is 25.5 Å². The van der Waals surface area contributed by atoms with Gasteiger partial charge < -0.3 is 25.2 Å². The number of hydrogen-bond acceptors (Lipinski definition) is 4. The maximum Gasteiger partial charge on any atom is 0.315 e. The lowest BCUT2D eigenvalue weighted by Gasteiger charge is -2.12. The second-order valence-electron chi connectivity index (χ2n) is 4.42. The Labute approximate surface area is 111 Å². The highest BCUT2D eigenvalue weighted by molar-refractivity contribution is 5.74. The van der Waals surface area contributed by atoms with Gasteiger partial charge in [-0.2, -0.15) is 0 Å². The Morgan fingerprint density at radius 3 is 3.00 bits per heavy atom. The first-order chi connectivity index (χ1) is 9.19. The molecule has 1 atom stereocenters. The summed E-state index contributed by atoms with van der Waals surface area (Å²) in [7, 11) is 0. The number of carbonyl (C=O) groups is 1. The van der Waals surface area contributed by atoms with Gasteiger partial charge in [0.25, 0.3) is 0 Å². The van der Waals surface area contributed by atoms with E-state index < -0.39 is 0 Å². The van der Waals surface area contributed by atoms with E-state index in [9.17, 15) is 4.79 Å². The fraction of sp³-hybridized carbons (Fsp3) is 0.462. The molecule has 104 valence electrons. The second-order valence-corrected chi connectivity index (χ2v) is 4.42. The van der Waals surface area contributed by atoms with Crippen LogP contribution in [0.5, 0.6) is 11.5 Å². The fourth-order valence-electron chi connectivity index (χ4n) is 1.74. The van der Waals surface area contributed by atoms with Crippen molar-refractivity contribution in [3.8, 4) is 11.5 Å². The van der Waals surface area contributed by atoms with Crippen LogP contribution in [0.4, 0.5) is 4.79 Å². The number of rotatable bonds is 5. The summed E-state index contributed by atoms with van der Waals surface area (Å²) in [6.45, 7) is 2.44. The first kappa shape index (κ1) is 13.5. The normalized spacial score (nSPS) is 14.0. The molecule has 0 saturated carbocycles. The monoisotopic (exact) mass is 266 g/mol. The predicted octanol–water partition coefficient (Wildman–Crippen LogP) is 0.638. The molecule has 3 N–H and O–H groups in total. The van der Waals surface area contributed by atoms with Crippen LogP contribution in [0.2, 0.25) is 0 Å². The van der Waals surface area contributed by atoms with Crippen LogP contribution in [-0.2, 0) is 6.42 Å². The van der Waals surface area contributed by atoms with Crippen molar-refractivity contribution < 1.29 is 19.4 Å². The maximum absolute atomic E-state index is 11.4. The van der Waals surface area contributed by atoms with Crippen molar-refractivity contribution in [2.24, 2.45) is 0 Å². The molecule has 0 unspecified atom stereocenters. The molecule has 0 fully saturated rings. The van der Waals surface area contributed by atoms with Crippen LogP contribution in [0, 0.1) is 0 Å². The zero-order valence-electron chi connectivity index (χ0n) is 10.8. The minimum absolute atomic E-state index is 0.0738. The fourth-order valence-corrected chi connectivity index (χ4v) is 1.74. The maximum atomic E-state index is 11.4. The molecule has 0 spiro atoms. The number of nitrogens with one attached hydrogen (secondary N) is 2. The Bertz CT molecular complexity index is 450. The smallest absolute Gasteiger partial charge is 0.315 e. The van der Waals surface area contributed by atoms with Crippen molar-refractivity contribution in [2.75, 3.05) is 19.9 Å². The molecule has 0 saturated heterocycles. The molecular weight excluding hydrogens is 248 g/mol. The summed E-state index contributed by atoms with van der Waals surface area (Å²) in [6, 6.07) is 5.21. The molecule has 0 bridgehead atoms. The zero-order chi connectivity index (χ0) is 13.7. The number of hydrogen-bond donors (Lipinski definition) is 3. The van der Waals surface area contributed by atoms with E-state index in [0.29, 0.717) is 13.0 Å². The molecule has 6 heteroatoms. The number of benzene rings is 1. The summed E-state index contributed by atoms with van der Waals surface area (Å²) >= 11 is 0. The Kier molecular flexibility index (Phi) is 4.46. The van der Waals surface area contributed by atoms with Crippen molar-refractivity contribution >= 4 is 6.03 Å². The van der Waals surface area contributed by atoms with Crippen molar-refractivity contribution in [2.45, 2.75) is 19.4 Å². The number of fused-ring (bicyclic) bond motifs is 1. The minimum atomic E-state index is -0.276. The quantitative estimate of drug-likeness (QED) is 0.730. The van der Waals surface area contributed by atoms with Crippen LogP contribution in [0.15, 0.2) is 18.2 Å². The predicted molar refractivity (Wildman–Crippen MR) is 69.4 cm³/mol. The van der Waals surface area contributed by atoms with Gasteiger partial charge in [-0.1, -0.05) is 6.07 Å². The van der Waals surface area contributed by atoms with E-state index in [1.54, 1.807) is 6.92 Å². The van der Waals surface area contributed by atoms with Gasteiger partial charge in [-0.25, -0.2) is 4.79 Å². The van der Waals surface area contributed by atoms with E-state index in [1.807, 2.05) is 18.2 Å². The molecule has 19 heavy (non-hydrogen) atoms. The van der Waals surface area contributed by atoms with Crippen LogP contribution in [0.3, 0.4) is 0 Å². The number of aliphatic hydroxyl groups excluding tert-OH is 1. The third-order valence-electron chi connectivity index (χ3n) is 2.79. The van der Waals surface area contributed by atoms with E-state index >= 15 is 0 Å². The molecule has 1 heterocycles. The topological polar surface area (TPSA) is 79.8 Å². The SMILES string of the molecule is C[C@@H](CO)NC(=O)NCCc1ccc2c(c1)OCO2. The van der Waals surface area contributed by atoms with Crippen molar-refractivity contribution in [3.05, 3.63) is 23.8 Å². The standard InChI is InChI=1S/C13H18N2O4/c1-9(7-16)15-13(17)14-5-4-10-2-3-11-12(6-10)19-8-18-11/h2-3,6,9,16H,4-5,7-8H2,1H3,(H2,14,15,17)/t9-/m0/s1. The van der Waals surface area contributed by atoms with Gasteiger partial charge >= 0.3 is 6.03 Å². The average Bonchev–Trinajstić information content (AvgIpc) is 2.86. The first-order valence-corrected chi connectivity index (χ1v) is 6.23. The highest BCUT2D eigenvalue weighted by atomic mass is 16.7. The molecule has 1 aliphatic heterocycles. The van der Waals surface area contributed by atoms with Gasteiger partial charge in [0, 0.05) is 6.54 Å². The molecule has 2 rings (SSSR count). The van der Waals surface area contributed by atoms with Crippen LogP contribution >= 0.6 is 0 Å². The third kappa shape index (κ3) is 3.75. The molecule has 1 aromatic rings. The lowest BCUT2D eigenvalue weighted by molar-refractivity contribution is 0.174.